The Hall–Kier alpha value is -1.50. The number of halogens is 1. The molecule has 0 aliphatic heterocycles. The first kappa shape index (κ1) is 18.8. The standard InChI is InChI=1S/C18H27FN2O3/c19-14-7-3-2-6-12(14)10-15(20)16(22)11-13(17(21)23)18(24)8-4-1-5-9-18/h2-3,6-7,13,15-16,22,24H,1,4-5,8-11,20H2,(H2,21,23). The van der Waals surface area contributed by atoms with Crippen LogP contribution in [0.5, 0.6) is 0 Å². The van der Waals surface area contributed by atoms with Gasteiger partial charge >= 0.3 is 0 Å². The Morgan fingerprint density at radius 1 is 1.25 bits per heavy atom. The van der Waals surface area contributed by atoms with E-state index in [-0.39, 0.29) is 18.7 Å². The van der Waals surface area contributed by atoms with E-state index >= 15 is 0 Å². The molecule has 1 fully saturated rings. The van der Waals surface area contributed by atoms with E-state index in [1.807, 2.05) is 0 Å². The van der Waals surface area contributed by atoms with Gasteiger partial charge < -0.3 is 21.7 Å². The maximum atomic E-state index is 13.7. The number of rotatable bonds is 7. The third kappa shape index (κ3) is 4.53. The van der Waals surface area contributed by atoms with Crippen LogP contribution in [-0.2, 0) is 11.2 Å². The van der Waals surface area contributed by atoms with Crippen molar-refractivity contribution in [3.05, 3.63) is 35.6 Å². The van der Waals surface area contributed by atoms with Gasteiger partial charge in [-0.05, 0) is 37.3 Å². The van der Waals surface area contributed by atoms with Crippen molar-refractivity contribution >= 4 is 5.91 Å². The van der Waals surface area contributed by atoms with Crippen molar-refractivity contribution in [1.29, 1.82) is 0 Å². The molecule has 0 aromatic heterocycles. The molecule has 3 atom stereocenters. The lowest BCUT2D eigenvalue weighted by molar-refractivity contribution is -0.137. The van der Waals surface area contributed by atoms with Crippen LogP contribution in [0.25, 0.3) is 0 Å². The van der Waals surface area contributed by atoms with E-state index in [0.29, 0.717) is 18.4 Å². The molecule has 5 nitrogen and oxygen atoms in total. The first-order chi connectivity index (χ1) is 11.3. The Bertz CT molecular complexity index is 561. The molecule has 1 saturated carbocycles. The highest BCUT2D eigenvalue weighted by molar-refractivity contribution is 5.78. The summed E-state index contributed by atoms with van der Waals surface area (Å²) in [5.41, 5.74) is 10.7. The molecule has 134 valence electrons. The van der Waals surface area contributed by atoms with E-state index in [1.165, 1.54) is 6.07 Å². The minimum atomic E-state index is -1.18. The largest absolute Gasteiger partial charge is 0.391 e. The SMILES string of the molecule is NC(=O)C(CC(O)C(N)Cc1ccccc1F)C1(O)CCCCC1. The minimum Gasteiger partial charge on any atom is -0.391 e. The topological polar surface area (TPSA) is 110 Å². The number of hydrogen-bond donors (Lipinski definition) is 4. The molecular formula is C18H27FN2O3. The molecule has 3 unspecified atom stereocenters. The number of benzene rings is 1. The molecule has 1 aliphatic carbocycles. The predicted molar refractivity (Wildman–Crippen MR) is 89.4 cm³/mol. The summed E-state index contributed by atoms with van der Waals surface area (Å²) in [5, 5.41) is 21.1. The maximum Gasteiger partial charge on any atom is 0.223 e. The van der Waals surface area contributed by atoms with Gasteiger partial charge in [-0.25, -0.2) is 4.39 Å². The molecule has 6 heteroatoms. The Morgan fingerprint density at radius 3 is 2.46 bits per heavy atom. The summed E-state index contributed by atoms with van der Waals surface area (Å²) >= 11 is 0. The van der Waals surface area contributed by atoms with Gasteiger partial charge in [-0.15, -0.1) is 0 Å². The average molecular weight is 338 g/mol. The molecule has 0 bridgehead atoms. The van der Waals surface area contributed by atoms with Crippen LogP contribution in [-0.4, -0.2) is 33.9 Å². The fourth-order valence-corrected chi connectivity index (χ4v) is 3.58. The molecule has 1 aliphatic rings. The van der Waals surface area contributed by atoms with E-state index in [0.717, 1.165) is 19.3 Å². The van der Waals surface area contributed by atoms with Crippen molar-refractivity contribution < 1.29 is 19.4 Å². The third-order valence-corrected chi connectivity index (χ3v) is 5.10. The van der Waals surface area contributed by atoms with Crippen molar-refractivity contribution in [3.63, 3.8) is 0 Å². The molecule has 1 aromatic carbocycles. The van der Waals surface area contributed by atoms with Crippen molar-refractivity contribution in [2.24, 2.45) is 17.4 Å². The predicted octanol–water partition coefficient (Wildman–Crippen LogP) is 1.24. The Labute approximate surface area is 141 Å². The lowest BCUT2D eigenvalue weighted by Gasteiger charge is -2.39. The molecule has 2 rings (SSSR count). The van der Waals surface area contributed by atoms with Crippen LogP contribution in [0.1, 0.15) is 44.1 Å². The molecule has 1 aromatic rings. The van der Waals surface area contributed by atoms with Crippen LogP contribution in [0.2, 0.25) is 0 Å². The van der Waals surface area contributed by atoms with Gasteiger partial charge in [0.15, 0.2) is 0 Å². The molecule has 24 heavy (non-hydrogen) atoms. The zero-order valence-corrected chi connectivity index (χ0v) is 13.8. The van der Waals surface area contributed by atoms with Crippen LogP contribution >= 0.6 is 0 Å². The highest BCUT2D eigenvalue weighted by atomic mass is 19.1. The monoisotopic (exact) mass is 338 g/mol. The Kier molecular flexibility index (Phi) is 6.32. The summed E-state index contributed by atoms with van der Waals surface area (Å²) < 4.78 is 13.7. The van der Waals surface area contributed by atoms with Crippen molar-refractivity contribution in [2.75, 3.05) is 0 Å². The molecule has 0 spiro atoms. The molecule has 6 N–H and O–H groups in total. The average Bonchev–Trinajstić information content (AvgIpc) is 2.54. The first-order valence-electron chi connectivity index (χ1n) is 8.52. The van der Waals surface area contributed by atoms with Gasteiger partial charge in [0, 0.05) is 6.04 Å². The number of aliphatic hydroxyl groups excluding tert-OH is 1. The normalized spacial score (nSPS) is 21.0. The highest BCUT2D eigenvalue weighted by Gasteiger charge is 2.42. The van der Waals surface area contributed by atoms with Gasteiger partial charge in [0.1, 0.15) is 5.82 Å². The van der Waals surface area contributed by atoms with Crippen LogP contribution < -0.4 is 11.5 Å². The maximum absolute atomic E-state index is 13.7. The summed E-state index contributed by atoms with van der Waals surface area (Å²) in [6.07, 6.45) is 2.76. The summed E-state index contributed by atoms with van der Waals surface area (Å²) in [4.78, 5) is 11.8. The smallest absolute Gasteiger partial charge is 0.223 e. The van der Waals surface area contributed by atoms with Gasteiger partial charge in [0.25, 0.3) is 0 Å². The first-order valence-corrected chi connectivity index (χ1v) is 8.52. The van der Waals surface area contributed by atoms with Crippen molar-refractivity contribution in [1.82, 2.24) is 0 Å². The van der Waals surface area contributed by atoms with Gasteiger partial charge in [-0.1, -0.05) is 37.5 Å². The number of hydrogen-bond acceptors (Lipinski definition) is 4. The molecule has 0 radical (unpaired) electrons. The van der Waals surface area contributed by atoms with Gasteiger partial charge in [0.05, 0.1) is 17.6 Å². The van der Waals surface area contributed by atoms with Gasteiger partial charge in [-0.2, -0.15) is 0 Å². The number of amides is 1. The van der Waals surface area contributed by atoms with Crippen molar-refractivity contribution in [3.8, 4) is 0 Å². The second-order valence-electron chi connectivity index (χ2n) is 6.88. The van der Waals surface area contributed by atoms with Crippen LogP contribution in [0.3, 0.4) is 0 Å². The van der Waals surface area contributed by atoms with E-state index < -0.39 is 29.6 Å². The summed E-state index contributed by atoms with van der Waals surface area (Å²) in [7, 11) is 0. The van der Waals surface area contributed by atoms with E-state index in [2.05, 4.69) is 0 Å². The number of nitrogens with two attached hydrogens (primary N) is 2. The molecule has 1 amide bonds. The van der Waals surface area contributed by atoms with Crippen LogP contribution in [0.15, 0.2) is 24.3 Å². The quantitative estimate of drug-likeness (QED) is 0.599. The number of primary amides is 1. The Morgan fingerprint density at radius 2 is 1.88 bits per heavy atom. The summed E-state index contributed by atoms with van der Waals surface area (Å²) in [6, 6.07) is 5.50. The third-order valence-electron chi connectivity index (χ3n) is 5.10. The van der Waals surface area contributed by atoms with Crippen LogP contribution in [0, 0.1) is 11.7 Å². The fourth-order valence-electron chi connectivity index (χ4n) is 3.58. The molecule has 0 heterocycles. The summed E-state index contributed by atoms with van der Waals surface area (Å²) in [6.45, 7) is 0. The minimum absolute atomic E-state index is 0.0124. The molecular weight excluding hydrogens is 311 g/mol. The zero-order chi connectivity index (χ0) is 17.7. The lowest BCUT2D eigenvalue weighted by atomic mass is 9.72. The fraction of sp³-hybridized carbons (Fsp3) is 0.611. The van der Waals surface area contributed by atoms with Crippen molar-refractivity contribution in [2.45, 2.75) is 62.7 Å². The van der Waals surface area contributed by atoms with E-state index in [9.17, 15) is 19.4 Å². The van der Waals surface area contributed by atoms with Gasteiger partial charge in [0.2, 0.25) is 5.91 Å². The summed E-state index contributed by atoms with van der Waals surface area (Å²) in [5.74, 6) is -1.85. The van der Waals surface area contributed by atoms with Crippen LogP contribution in [0.4, 0.5) is 4.39 Å². The number of aliphatic hydroxyl groups is 2. The highest BCUT2D eigenvalue weighted by Crippen LogP contribution is 2.36. The second-order valence-corrected chi connectivity index (χ2v) is 6.88. The Balaban J connectivity index is 2.03. The molecule has 0 saturated heterocycles. The number of carbonyl (C=O) groups is 1. The van der Waals surface area contributed by atoms with E-state index in [4.69, 9.17) is 11.5 Å². The lowest BCUT2D eigenvalue weighted by Crippen LogP contribution is -2.50. The van der Waals surface area contributed by atoms with Gasteiger partial charge in [-0.3, -0.25) is 4.79 Å². The van der Waals surface area contributed by atoms with E-state index in [1.54, 1.807) is 18.2 Å². The second kappa shape index (κ2) is 8.05. The number of carbonyl (C=O) groups excluding carboxylic acids is 1. The zero-order valence-electron chi connectivity index (χ0n) is 13.8.